The molecule has 0 saturated heterocycles. The third kappa shape index (κ3) is 2.81. The molecule has 1 aromatic carbocycles. The predicted octanol–water partition coefficient (Wildman–Crippen LogP) is 2.45. The summed E-state index contributed by atoms with van der Waals surface area (Å²) in [5.41, 5.74) is 0. The van der Waals surface area contributed by atoms with Gasteiger partial charge in [0.2, 0.25) is 0 Å². The van der Waals surface area contributed by atoms with Crippen molar-refractivity contribution < 1.29 is 8.42 Å². The molecule has 0 unspecified atom stereocenters. The van der Waals surface area contributed by atoms with Gasteiger partial charge in [-0.15, -0.1) is 0 Å². The van der Waals surface area contributed by atoms with E-state index in [1.807, 2.05) is 0 Å². The summed E-state index contributed by atoms with van der Waals surface area (Å²) in [5, 5.41) is 0. The van der Waals surface area contributed by atoms with Crippen LogP contribution in [0.25, 0.3) is 0 Å². The molecule has 0 spiro atoms. The molecule has 4 heteroatoms. The second kappa shape index (κ2) is 4.24. The van der Waals surface area contributed by atoms with Crippen molar-refractivity contribution in [2.45, 2.75) is 11.3 Å². The minimum absolute atomic E-state index is 0.101. The molecule has 2 nitrogen and oxygen atoms in total. The average Bonchev–Trinajstić information content (AvgIpc) is 2.04. The molecule has 0 heterocycles. The van der Waals surface area contributed by atoms with Crippen LogP contribution in [0.3, 0.4) is 0 Å². The molecule has 0 bridgehead atoms. The Morgan fingerprint density at radius 3 is 2.62 bits per heavy atom. The van der Waals surface area contributed by atoms with Crippen molar-refractivity contribution in [1.29, 1.82) is 0 Å². The summed E-state index contributed by atoms with van der Waals surface area (Å²) in [7, 11) is -3.13. The van der Waals surface area contributed by atoms with E-state index in [1.165, 1.54) is 0 Å². The zero-order valence-corrected chi connectivity index (χ0v) is 9.44. The molecule has 0 aliphatic carbocycles. The lowest BCUT2D eigenvalue weighted by Crippen LogP contribution is -2.05. The Hall–Kier alpha value is -0.350. The molecule has 0 N–H and O–H groups in total. The second-order valence-corrected chi connectivity index (χ2v) is 5.65. The molecular weight excluding hydrogens is 252 g/mol. The van der Waals surface area contributed by atoms with Gasteiger partial charge in [0.25, 0.3) is 0 Å². The van der Waals surface area contributed by atoms with Gasteiger partial charge in [-0.25, -0.2) is 8.42 Å². The highest BCUT2D eigenvalue weighted by Gasteiger charge is 2.12. The maximum Gasteiger partial charge on any atom is 0.178 e. The van der Waals surface area contributed by atoms with Gasteiger partial charge in [0.1, 0.15) is 0 Å². The lowest BCUT2D eigenvalue weighted by molar-refractivity contribution is 0.595. The van der Waals surface area contributed by atoms with Crippen molar-refractivity contribution in [2.24, 2.45) is 0 Å². The monoisotopic (exact) mass is 261 g/mol. The first-order valence-electron chi connectivity index (χ1n) is 3.84. The van der Waals surface area contributed by atoms with Gasteiger partial charge in [0.05, 0.1) is 10.6 Å². The molecular formula is C9H10BrO2S. The minimum Gasteiger partial charge on any atom is -0.224 e. The van der Waals surface area contributed by atoms with Crippen LogP contribution in [-0.2, 0) is 9.84 Å². The van der Waals surface area contributed by atoms with Crippen molar-refractivity contribution in [2.75, 3.05) is 5.75 Å². The molecule has 0 aromatic heterocycles. The predicted molar refractivity (Wildman–Crippen MR) is 56.2 cm³/mol. The Morgan fingerprint density at radius 2 is 2.08 bits per heavy atom. The van der Waals surface area contributed by atoms with Gasteiger partial charge in [0.15, 0.2) is 9.84 Å². The van der Waals surface area contributed by atoms with E-state index in [-0.39, 0.29) is 5.75 Å². The first-order valence-corrected chi connectivity index (χ1v) is 6.28. The van der Waals surface area contributed by atoms with Gasteiger partial charge in [-0.2, -0.15) is 0 Å². The number of hydrogen-bond donors (Lipinski definition) is 0. The highest BCUT2D eigenvalue weighted by Crippen LogP contribution is 2.17. The van der Waals surface area contributed by atoms with Crippen LogP contribution in [-0.4, -0.2) is 14.2 Å². The first-order chi connectivity index (χ1) is 6.06. The van der Waals surface area contributed by atoms with Gasteiger partial charge in [0, 0.05) is 4.47 Å². The van der Waals surface area contributed by atoms with E-state index in [1.54, 1.807) is 24.3 Å². The standard InChI is InChI=1S/C9H10BrO2S/c1-2-6-13(11,12)9-5-3-4-8(10)7-9/h3-5,7H,1-2,6H2. The summed E-state index contributed by atoms with van der Waals surface area (Å²) in [6, 6.07) is 6.70. The fourth-order valence-corrected chi connectivity index (χ4v) is 2.73. The van der Waals surface area contributed by atoms with Crippen molar-refractivity contribution in [3.05, 3.63) is 35.7 Å². The molecule has 71 valence electrons. The lowest BCUT2D eigenvalue weighted by Gasteiger charge is -2.02. The van der Waals surface area contributed by atoms with Crippen molar-refractivity contribution in [3.63, 3.8) is 0 Å². The van der Waals surface area contributed by atoms with Gasteiger partial charge in [-0.1, -0.05) is 28.9 Å². The van der Waals surface area contributed by atoms with Crippen LogP contribution in [0.15, 0.2) is 33.6 Å². The minimum atomic E-state index is -3.13. The van der Waals surface area contributed by atoms with E-state index in [2.05, 4.69) is 22.9 Å². The van der Waals surface area contributed by atoms with Crippen LogP contribution in [0.5, 0.6) is 0 Å². The second-order valence-electron chi connectivity index (χ2n) is 2.63. The van der Waals surface area contributed by atoms with E-state index >= 15 is 0 Å². The maximum absolute atomic E-state index is 11.5. The summed E-state index contributed by atoms with van der Waals surface area (Å²) in [4.78, 5) is 0.352. The fourth-order valence-electron chi connectivity index (χ4n) is 0.968. The zero-order chi connectivity index (χ0) is 9.90. The maximum atomic E-state index is 11.5. The summed E-state index contributed by atoms with van der Waals surface area (Å²) in [5.74, 6) is 0.101. The summed E-state index contributed by atoms with van der Waals surface area (Å²) < 4.78 is 23.8. The molecule has 1 aromatic rings. The van der Waals surface area contributed by atoms with Crippen molar-refractivity contribution in [3.8, 4) is 0 Å². The van der Waals surface area contributed by atoms with Crippen molar-refractivity contribution in [1.82, 2.24) is 0 Å². The molecule has 0 aliphatic heterocycles. The van der Waals surface area contributed by atoms with Crippen LogP contribution >= 0.6 is 15.9 Å². The largest absolute Gasteiger partial charge is 0.224 e. The Balaban J connectivity index is 3.08. The van der Waals surface area contributed by atoms with Crippen molar-refractivity contribution >= 4 is 25.8 Å². The third-order valence-electron chi connectivity index (χ3n) is 1.57. The number of halogens is 1. The normalized spacial score (nSPS) is 11.5. The Kier molecular flexibility index (Phi) is 3.50. The molecule has 1 radical (unpaired) electrons. The van der Waals surface area contributed by atoms with Crippen LogP contribution in [0.4, 0.5) is 0 Å². The van der Waals surface area contributed by atoms with Crippen LogP contribution in [0.1, 0.15) is 6.42 Å². The molecule has 0 atom stereocenters. The number of sulfone groups is 1. The van der Waals surface area contributed by atoms with Gasteiger partial charge in [-0.3, -0.25) is 0 Å². The first kappa shape index (κ1) is 10.7. The van der Waals surface area contributed by atoms with Crippen LogP contribution in [0, 0.1) is 6.92 Å². The van der Waals surface area contributed by atoms with E-state index in [4.69, 9.17) is 0 Å². The summed E-state index contributed by atoms with van der Waals surface area (Å²) >= 11 is 3.23. The topological polar surface area (TPSA) is 34.1 Å². The van der Waals surface area contributed by atoms with Gasteiger partial charge in [-0.05, 0) is 24.6 Å². The van der Waals surface area contributed by atoms with E-state index in [0.717, 1.165) is 4.47 Å². The quantitative estimate of drug-likeness (QED) is 0.838. The third-order valence-corrected chi connectivity index (χ3v) is 3.86. The lowest BCUT2D eigenvalue weighted by atomic mass is 10.4. The van der Waals surface area contributed by atoms with Gasteiger partial charge < -0.3 is 0 Å². The fraction of sp³-hybridized carbons (Fsp3) is 0.222. The summed E-state index contributed by atoms with van der Waals surface area (Å²) in [6.07, 6.45) is 0.398. The van der Waals surface area contributed by atoms with E-state index in [0.29, 0.717) is 11.3 Å². The smallest absolute Gasteiger partial charge is 0.178 e. The molecule has 0 fully saturated rings. The molecule has 0 saturated carbocycles. The van der Waals surface area contributed by atoms with Crippen LogP contribution in [0.2, 0.25) is 0 Å². The zero-order valence-electron chi connectivity index (χ0n) is 7.03. The number of rotatable bonds is 3. The van der Waals surface area contributed by atoms with Crippen LogP contribution < -0.4 is 0 Å². The van der Waals surface area contributed by atoms with E-state index in [9.17, 15) is 8.42 Å². The Bertz CT molecular complexity index is 384. The molecule has 1 rings (SSSR count). The Labute approximate surface area is 87.0 Å². The molecule has 13 heavy (non-hydrogen) atoms. The van der Waals surface area contributed by atoms with Gasteiger partial charge >= 0.3 is 0 Å². The highest BCUT2D eigenvalue weighted by molar-refractivity contribution is 9.10. The summed E-state index contributed by atoms with van der Waals surface area (Å²) in [6.45, 7) is 3.53. The molecule has 0 aliphatic rings. The Morgan fingerprint density at radius 1 is 1.38 bits per heavy atom. The SMILES string of the molecule is [CH2]CCS(=O)(=O)c1cccc(Br)c1. The van der Waals surface area contributed by atoms with E-state index < -0.39 is 9.84 Å². The highest BCUT2D eigenvalue weighted by atomic mass is 79.9. The number of hydrogen-bond acceptors (Lipinski definition) is 2. The molecule has 0 amide bonds. The average molecular weight is 262 g/mol. The number of benzene rings is 1.